The van der Waals surface area contributed by atoms with Crippen LogP contribution in [0.3, 0.4) is 0 Å². The maximum Gasteiger partial charge on any atom is 0.257 e. The van der Waals surface area contributed by atoms with E-state index in [0.717, 1.165) is 38.4 Å². The summed E-state index contributed by atoms with van der Waals surface area (Å²) in [6.07, 6.45) is 0. The Morgan fingerprint density at radius 3 is 2.38 bits per heavy atom. The number of rotatable bonds is 6. The van der Waals surface area contributed by atoms with E-state index in [-0.39, 0.29) is 28.6 Å². The highest BCUT2D eigenvalue weighted by atomic mass is 35.5. The van der Waals surface area contributed by atoms with Gasteiger partial charge in [0.2, 0.25) is 10.0 Å². The summed E-state index contributed by atoms with van der Waals surface area (Å²) < 4.78 is 37.9. The summed E-state index contributed by atoms with van der Waals surface area (Å²) in [4.78, 5) is 15.3. The lowest BCUT2D eigenvalue weighted by atomic mass is 10.1. The van der Waals surface area contributed by atoms with E-state index in [1.54, 1.807) is 6.07 Å². The molecule has 1 N–H and O–H groups in total. The normalized spacial score (nSPS) is 18.4. The number of ether oxygens (including phenoxy) is 2. The predicted molar refractivity (Wildman–Crippen MR) is 122 cm³/mol. The molecular weight excluding hydrogens is 454 g/mol. The number of carbonyl (C=O) groups excluding carboxylic acids is 1. The van der Waals surface area contributed by atoms with E-state index in [1.807, 2.05) is 18.2 Å². The Hall–Kier alpha value is -2.01. The summed E-state index contributed by atoms with van der Waals surface area (Å²) in [7, 11) is -3.73. The number of hydrogen-bond acceptors (Lipinski definition) is 6. The molecule has 2 aromatic rings. The topological polar surface area (TPSA) is 88.2 Å². The van der Waals surface area contributed by atoms with Gasteiger partial charge in [0.15, 0.2) is 0 Å². The van der Waals surface area contributed by atoms with Crippen molar-refractivity contribution in [3.63, 3.8) is 0 Å². The molecule has 2 aromatic carbocycles. The quantitative estimate of drug-likeness (QED) is 0.684. The lowest BCUT2D eigenvalue weighted by Gasteiger charge is -2.26. The first-order valence-corrected chi connectivity index (χ1v) is 12.3. The molecule has 2 aliphatic rings. The maximum absolute atomic E-state index is 12.9. The number of nitrogens with zero attached hydrogens (tertiary/aromatic N) is 2. The van der Waals surface area contributed by atoms with E-state index in [4.69, 9.17) is 21.1 Å². The second kappa shape index (κ2) is 10.3. The number of carbonyl (C=O) groups is 1. The Morgan fingerprint density at radius 2 is 1.66 bits per heavy atom. The first-order valence-electron chi connectivity index (χ1n) is 10.5. The minimum atomic E-state index is -3.73. The predicted octanol–water partition coefficient (Wildman–Crippen LogP) is 2.45. The summed E-state index contributed by atoms with van der Waals surface area (Å²) in [5.74, 6) is -0.461. The Kier molecular flexibility index (Phi) is 7.44. The molecule has 0 bridgehead atoms. The summed E-state index contributed by atoms with van der Waals surface area (Å²) in [6.45, 7) is 5.21. The standard InChI is InChI=1S/C22H26ClN3O5S/c23-21-5-4-19(32(28,29)26-8-12-31-13-9-26)15-20(21)22(27)24-18-3-1-2-17(14-18)16-25-6-10-30-11-7-25/h1-5,14-15H,6-13,16H2,(H,24,27). The highest BCUT2D eigenvalue weighted by Crippen LogP contribution is 2.25. The highest BCUT2D eigenvalue weighted by molar-refractivity contribution is 7.89. The van der Waals surface area contributed by atoms with Gasteiger partial charge in [-0.2, -0.15) is 4.31 Å². The van der Waals surface area contributed by atoms with Crippen LogP contribution >= 0.6 is 11.6 Å². The molecule has 0 unspecified atom stereocenters. The zero-order valence-corrected chi connectivity index (χ0v) is 19.2. The molecule has 8 nitrogen and oxygen atoms in total. The zero-order valence-electron chi connectivity index (χ0n) is 17.6. The van der Waals surface area contributed by atoms with Gasteiger partial charge in [0.1, 0.15) is 0 Å². The molecule has 0 radical (unpaired) electrons. The molecule has 0 saturated carbocycles. The van der Waals surface area contributed by atoms with Gasteiger partial charge in [0.25, 0.3) is 5.91 Å². The van der Waals surface area contributed by atoms with Crippen LogP contribution in [0, 0.1) is 0 Å². The van der Waals surface area contributed by atoms with E-state index < -0.39 is 15.9 Å². The van der Waals surface area contributed by atoms with Gasteiger partial charge >= 0.3 is 0 Å². The van der Waals surface area contributed by atoms with Gasteiger partial charge in [-0.3, -0.25) is 9.69 Å². The van der Waals surface area contributed by atoms with Crippen LogP contribution in [-0.4, -0.2) is 76.1 Å². The minimum absolute atomic E-state index is 0.0371. The molecule has 2 aliphatic heterocycles. The maximum atomic E-state index is 12.9. The molecule has 2 heterocycles. The Bertz CT molecular complexity index is 1070. The molecule has 4 rings (SSSR count). The SMILES string of the molecule is O=C(Nc1cccc(CN2CCOCC2)c1)c1cc(S(=O)(=O)N2CCOCC2)ccc1Cl. The number of sulfonamides is 1. The highest BCUT2D eigenvalue weighted by Gasteiger charge is 2.27. The molecule has 32 heavy (non-hydrogen) atoms. The van der Waals surface area contributed by atoms with Crippen LogP contribution in [0.25, 0.3) is 0 Å². The molecule has 2 fully saturated rings. The Morgan fingerprint density at radius 1 is 0.969 bits per heavy atom. The summed E-state index contributed by atoms with van der Waals surface area (Å²) in [5, 5.41) is 3.03. The van der Waals surface area contributed by atoms with Crippen molar-refractivity contribution < 1.29 is 22.7 Å². The molecule has 0 spiro atoms. The van der Waals surface area contributed by atoms with E-state index in [9.17, 15) is 13.2 Å². The number of amides is 1. The summed E-state index contributed by atoms with van der Waals surface area (Å²) in [5.41, 5.74) is 1.80. The molecule has 0 aliphatic carbocycles. The van der Waals surface area contributed by atoms with Crippen LogP contribution in [0.2, 0.25) is 5.02 Å². The van der Waals surface area contributed by atoms with Crippen molar-refractivity contribution in [3.05, 3.63) is 58.6 Å². The molecule has 0 aromatic heterocycles. The number of benzene rings is 2. The van der Waals surface area contributed by atoms with Crippen LogP contribution in [-0.2, 0) is 26.0 Å². The van der Waals surface area contributed by atoms with E-state index >= 15 is 0 Å². The van der Waals surface area contributed by atoms with Crippen molar-refractivity contribution in [3.8, 4) is 0 Å². The molecule has 2 saturated heterocycles. The number of nitrogens with one attached hydrogen (secondary N) is 1. The number of halogens is 1. The van der Waals surface area contributed by atoms with Crippen LogP contribution in [0.4, 0.5) is 5.69 Å². The smallest absolute Gasteiger partial charge is 0.257 e. The third-order valence-electron chi connectivity index (χ3n) is 5.49. The second-order valence-electron chi connectivity index (χ2n) is 7.70. The third-order valence-corrected chi connectivity index (χ3v) is 7.71. The monoisotopic (exact) mass is 479 g/mol. The lowest BCUT2D eigenvalue weighted by molar-refractivity contribution is 0.0342. The van der Waals surface area contributed by atoms with Crippen molar-refractivity contribution in [2.45, 2.75) is 11.4 Å². The molecule has 0 atom stereocenters. The van der Waals surface area contributed by atoms with Gasteiger partial charge in [0, 0.05) is 38.4 Å². The van der Waals surface area contributed by atoms with Gasteiger partial charge < -0.3 is 14.8 Å². The van der Waals surface area contributed by atoms with Gasteiger partial charge in [-0.1, -0.05) is 23.7 Å². The van der Waals surface area contributed by atoms with Gasteiger partial charge in [-0.05, 0) is 35.9 Å². The first kappa shape index (κ1) is 23.2. The Balaban J connectivity index is 1.50. The number of hydrogen-bond donors (Lipinski definition) is 1. The van der Waals surface area contributed by atoms with Crippen molar-refractivity contribution in [2.24, 2.45) is 0 Å². The summed E-state index contributed by atoms with van der Waals surface area (Å²) >= 11 is 6.25. The van der Waals surface area contributed by atoms with Gasteiger partial charge in [0.05, 0.1) is 41.9 Å². The van der Waals surface area contributed by atoms with Crippen molar-refractivity contribution >= 4 is 33.2 Å². The fraction of sp³-hybridized carbons (Fsp3) is 0.409. The fourth-order valence-corrected chi connectivity index (χ4v) is 5.38. The van der Waals surface area contributed by atoms with Gasteiger partial charge in [-0.25, -0.2) is 8.42 Å². The number of morpholine rings is 2. The summed E-state index contributed by atoms with van der Waals surface area (Å²) in [6, 6.07) is 11.8. The average Bonchev–Trinajstić information content (AvgIpc) is 2.80. The van der Waals surface area contributed by atoms with Crippen LogP contribution in [0.5, 0.6) is 0 Å². The second-order valence-corrected chi connectivity index (χ2v) is 10.0. The average molecular weight is 480 g/mol. The largest absolute Gasteiger partial charge is 0.379 e. The minimum Gasteiger partial charge on any atom is -0.379 e. The molecular formula is C22H26ClN3O5S. The molecule has 10 heteroatoms. The zero-order chi connectivity index (χ0) is 22.6. The van der Waals surface area contributed by atoms with E-state index in [0.29, 0.717) is 18.9 Å². The van der Waals surface area contributed by atoms with Gasteiger partial charge in [-0.15, -0.1) is 0 Å². The Labute approximate surface area is 193 Å². The third kappa shape index (κ3) is 5.48. The van der Waals surface area contributed by atoms with Crippen molar-refractivity contribution in [1.29, 1.82) is 0 Å². The lowest BCUT2D eigenvalue weighted by Crippen LogP contribution is -2.40. The molecule has 172 valence electrons. The van der Waals surface area contributed by atoms with Crippen molar-refractivity contribution in [2.75, 3.05) is 57.9 Å². The van der Waals surface area contributed by atoms with Crippen molar-refractivity contribution in [1.82, 2.24) is 9.21 Å². The van der Waals surface area contributed by atoms with Crippen LogP contribution in [0.1, 0.15) is 15.9 Å². The van der Waals surface area contributed by atoms with Crippen LogP contribution in [0.15, 0.2) is 47.4 Å². The first-order chi connectivity index (χ1) is 15.4. The molecule has 1 amide bonds. The van der Waals surface area contributed by atoms with E-state index in [2.05, 4.69) is 10.2 Å². The van der Waals surface area contributed by atoms with Crippen LogP contribution < -0.4 is 5.32 Å². The van der Waals surface area contributed by atoms with E-state index in [1.165, 1.54) is 22.5 Å². The number of anilines is 1. The fourth-order valence-electron chi connectivity index (χ4n) is 3.74.